The second kappa shape index (κ2) is 6.58. The molecule has 1 aromatic carbocycles. The van der Waals surface area contributed by atoms with E-state index >= 15 is 0 Å². The normalized spacial score (nSPS) is 19.4. The Morgan fingerprint density at radius 1 is 1.46 bits per heavy atom. The Bertz CT molecular complexity index is 957. The first kappa shape index (κ1) is 16.8. The average Bonchev–Trinajstić information content (AvgIpc) is 3.29. The van der Waals surface area contributed by atoms with Crippen LogP contribution in [0.1, 0.15) is 28.3 Å². The van der Waals surface area contributed by atoms with Crippen LogP contribution in [0.4, 0.5) is 4.39 Å². The van der Waals surface area contributed by atoms with Crippen molar-refractivity contribution in [3.05, 3.63) is 52.9 Å². The Hall–Kier alpha value is -2.65. The van der Waals surface area contributed by atoms with Crippen LogP contribution in [0, 0.1) is 5.82 Å². The minimum atomic E-state index is -0.493. The third kappa shape index (κ3) is 3.11. The Morgan fingerprint density at radius 3 is 3.04 bits per heavy atom. The van der Waals surface area contributed by atoms with E-state index in [0.717, 1.165) is 0 Å². The van der Waals surface area contributed by atoms with Crippen molar-refractivity contribution in [1.29, 1.82) is 0 Å². The highest BCUT2D eigenvalue weighted by molar-refractivity contribution is 7.14. The zero-order valence-corrected chi connectivity index (χ0v) is 14.6. The highest BCUT2D eigenvalue weighted by Gasteiger charge is 2.38. The summed E-state index contributed by atoms with van der Waals surface area (Å²) in [5.74, 6) is -0.250. The van der Waals surface area contributed by atoms with E-state index in [0.29, 0.717) is 34.4 Å². The minimum Gasteiger partial charge on any atom is -0.448 e. The van der Waals surface area contributed by atoms with Crippen LogP contribution < -0.4 is 0 Å². The topological polar surface area (TPSA) is 92.3 Å². The molecule has 0 saturated carbocycles. The van der Waals surface area contributed by atoms with Crippen LogP contribution in [-0.2, 0) is 6.42 Å². The first-order chi connectivity index (χ1) is 12.5. The summed E-state index contributed by atoms with van der Waals surface area (Å²) in [5, 5.41) is 18.9. The van der Waals surface area contributed by atoms with Gasteiger partial charge in [0.05, 0.1) is 18.6 Å². The SMILES string of the molecule is C[C@H]1[C@@H](O)CN1C(=O)c1coc(Cc2nnc(-c3cccc(F)c3)s2)n1. The van der Waals surface area contributed by atoms with Crippen LogP contribution in [0.15, 0.2) is 34.9 Å². The zero-order chi connectivity index (χ0) is 18.3. The lowest BCUT2D eigenvalue weighted by Gasteiger charge is -2.42. The van der Waals surface area contributed by atoms with Crippen molar-refractivity contribution in [2.45, 2.75) is 25.5 Å². The van der Waals surface area contributed by atoms with Crippen molar-refractivity contribution in [1.82, 2.24) is 20.1 Å². The van der Waals surface area contributed by atoms with Gasteiger partial charge in [0.2, 0.25) is 5.89 Å². The lowest BCUT2D eigenvalue weighted by atomic mass is 10.0. The molecule has 0 unspecified atom stereocenters. The molecule has 0 bridgehead atoms. The van der Waals surface area contributed by atoms with E-state index in [1.54, 1.807) is 24.0 Å². The summed E-state index contributed by atoms with van der Waals surface area (Å²) in [6.45, 7) is 2.08. The number of aliphatic hydroxyl groups is 1. The van der Waals surface area contributed by atoms with E-state index in [1.165, 1.54) is 29.7 Å². The molecule has 9 heteroatoms. The predicted octanol–water partition coefficient (Wildman–Crippen LogP) is 2.13. The molecule has 1 fully saturated rings. The van der Waals surface area contributed by atoms with Gasteiger partial charge in [0, 0.05) is 12.1 Å². The third-order valence-corrected chi connectivity index (χ3v) is 5.28. The summed E-state index contributed by atoms with van der Waals surface area (Å²) < 4.78 is 18.7. The number of carbonyl (C=O) groups excluding carboxylic acids is 1. The number of benzene rings is 1. The number of likely N-dealkylation sites (tertiary alicyclic amines) is 1. The Balaban J connectivity index is 1.46. The number of amides is 1. The smallest absolute Gasteiger partial charge is 0.276 e. The summed E-state index contributed by atoms with van der Waals surface area (Å²) >= 11 is 1.31. The van der Waals surface area contributed by atoms with Crippen LogP contribution in [0.25, 0.3) is 10.6 Å². The van der Waals surface area contributed by atoms with Gasteiger partial charge in [0.1, 0.15) is 22.1 Å². The second-order valence-corrected chi connectivity index (χ2v) is 7.14. The number of halogens is 1. The van der Waals surface area contributed by atoms with Gasteiger partial charge in [-0.15, -0.1) is 10.2 Å². The standard InChI is InChI=1S/C17H15FN4O3S/c1-9-13(23)7-22(9)17(24)12-8-25-14(19-12)6-15-20-21-16(26-15)10-3-2-4-11(18)5-10/h2-5,8-9,13,23H,6-7H2,1H3/t9-,13-/m0/s1. The maximum absolute atomic E-state index is 13.3. The highest BCUT2D eigenvalue weighted by Crippen LogP contribution is 2.26. The van der Waals surface area contributed by atoms with E-state index in [4.69, 9.17) is 4.42 Å². The molecule has 0 aliphatic carbocycles. The van der Waals surface area contributed by atoms with Crippen molar-refractivity contribution in [3.63, 3.8) is 0 Å². The van der Waals surface area contributed by atoms with Crippen LogP contribution in [0.5, 0.6) is 0 Å². The third-order valence-electron chi connectivity index (χ3n) is 4.30. The molecule has 3 aromatic rings. The number of aliphatic hydroxyl groups excluding tert-OH is 1. The lowest BCUT2D eigenvalue weighted by Crippen LogP contribution is -2.60. The first-order valence-electron chi connectivity index (χ1n) is 8.03. The van der Waals surface area contributed by atoms with Gasteiger partial charge in [-0.3, -0.25) is 4.79 Å². The minimum absolute atomic E-state index is 0.202. The number of oxazole rings is 1. The zero-order valence-electron chi connectivity index (χ0n) is 13.8. The van der Waals surface area contributed by atoms with Crippen LogP contribution in [-0.4, -0.2) is 49.8 Å². The fourth-order valence-electron chi connectivity index (χ4n) is 2.69. The molecule has 134 valence electrons. The van der Waals surface area contributed by atoms with Gasteiger partial charge in [-0.05, 0) is 19.1 Å². The second-order valence-electron chi connectivity index (χ2n) is 6.08. The van der Waals surface area contributed by atoms with Crippen molar-refractivity contribution < 1.29 is 18.7 Å². The molecule has 1 aliphatic heterocycles. The Morgan fingerprint density at radius 2 is 2.31 bits per heavy atom. The molecule has 26 heavy (non-hydrogen) atoms. The van der Waals surface area contributed by atoms with E-state index in [1.807, 2.05) is 0 Å². The van der Waals surface area contributed by atoms with Crippen LogP contribution >= 0.6 is 11.3 Å². The largest absolute Gasteiger partial charge is 0.448 e. The molecule has 1 saturated heterocycles. The number of nitrogens with zero attached hydrogens (tertiary/aromatic N) is 4. The van der Waals surface area contributed by atoms with E-state index in [2.05, 4.69) is 15.2 Å². The number of aromatic nitrogens is 3. The molecule has 4 rings (SSSR count). The van der Waals surface area contributed by atoms with Crippen molar-refractivity contribution in [2.24, 2.45) is 0 Å². The Labute approximate surface area is 152 Å². The number of hydrogen-bond acceptors (Lipinski definition) is 7. The highest BCUT2D eigenvalue weighted by atomic mass is 32.1. The number of rotatable bonds is 4. The summed E-state index contributed by atoms with van der Waals surface area (Å²) in [7, 11) is 0. The summed E-state index contributed by atoms with van der Waals surface area (Å²) in [5.41, 5.74) is 0.857. The molecular weight excluding hydrogens is 359 g/mol. The van der Waals surface area contributed by atoms with Gasteiger partial charge in [-0.25, -0.2) is 9.37 Å². The number of hydrogen-bond donors (Lipinski definition) is 1. The van der Waals surface area contributed by atoms with Crippen molar-refractivity contribution >= 4 is 17.2 Å². The monoisotopic (exact) mass is 374 g/mol. The Kier molecular flexibility index (Phi) is 4.25. The fraction of sp³-hybridized carbons (Fsp3) is 0.294. The van der Waals surface area contributed by atoms with Gasteiger partial charge in [-0.2, -0.15) is 0 Å². The van der Waals surface area contributed by atoms with Gasteiger partial charge < -0.3 is 14.4 Å². The van der Waals surface area contributed by atoms with E-state index < -0.39 is 6.10 Å². The molecule has 7 nitrogen and oxygen atoms in total. The quantitative estimate of drug-likeness (QED) is 0.752. The van der Waals surface area contributed by atoms with Gasteiger partial charge in [0.25, 0.3) is 5.91 Å². The number of carbonyl (C=O) groups is 1. The van der Waals surface area contributed by atoms with E-state index in [-0.39, 0.29) is 23.5 Å². The molecule has 0 radical (unpaired) electrons. The van der Waals surface area contributed by atoms with Crippen LogP contribution in [0.3, 0.4) is 0 Å². The first-order valence-corrected chi connectivity index (χ1v) is 8.84. The average molecular weight is 374 g/mol. The van der Waals surface area contributed by atoms with E-state index in [9.17, 15) is 14.3 Å². The van der Waals surface area contributed by atoms with Gasteiger partial charge in [-0.1, -0.05) is 23.5 Å². The molecule has 1 amide bonds. The van der Waals surface area contributed by atoms with Crippen molar-refractivity contribution in [2.75, 3.05) is 6.54 Å². The summed E-state index contributed by atoms with van der Waals surface area (Å²) in [4.78, 5) is 18.0. The molecule has 2 aromatic heterocycles. The molecule has 2 atom stereocenters. The molecule has 0 spiro atoms. The molecule has 1 N–H and O–H groups in total. The van der Waals surface area contributed by atoms with Crippen molar-refractivity contribution in [3.8, 4) is 10.6 Å². The maximum atomic E-state index is 13.3. The number of β-amino-alcohol motifs (C(OH)–C–C–N with tert-alkyl or cyclic N) is 1. The fourth-order valence-corrected chi connectivity index (χ4v) is 3.51. The molecular formula is C17H15FN4O3S. The summed E-state index contributed by atoms with van der Waals surface area (Å²) in [6.07, 6.45) is 1.11. The molecule has 3 heterocycles. The maximum Gasteiger partial charge on any atom is 0.276 e. The summed E-state index contributed by atoms with van der Waals surface area (Å²) in [6, 6.07) is 5.92. The molecule has 1 aliphatic rings. The van der Waals surface area contributed by atoms with Gasteiger partial charge >= 0.3 is 0 Å². The van der Waals surface area contributed by atoms with Gasteiger partial charge in [0.15, 0.2) is 5.69 Å². The predicted molar refractivity (Wildman–Crippen MR) is 91.1 cm³/mol. The lowest BCUT2D eigenvalue weighted by molar-refractivity contribution is -0.0360. The van der Waals surface area contributed by atoms with Crippen LogP contribution in [0.2, 0.25) is 0 Å².